The van der Waals surface area contributed by atoms with Gasteiger partial charge < -0.3 is 15.1 Å². The standard InChI is InChI=1S/C17H16N2O3/c1-2-10-18-16(20)14(12-13-7-4-3-5-8-13)19-17(21)15-9-6-11-22-15/h2-9,11-12H,1,10H2,(H,18,20)(H,19,21)/b14-12-. The van der Waals surface area contributed by atoms with Gasteiger partial charge in [-0.3, -0.25) is 9.59 Å². The highest BCUT2D eigenvalue weighted by molar-refractivity contribution is 6.04. The van der Waals surface area contributed by atoms with Crippen LogP contribution in [0.3, 0.4) is 0 Å². The molecule has 2 amide bonds. The molecule has 0 saturated carbocycles. The molecule has 1 aromatic carbocycles. The Kier molecular flexibility index (Phi) is 5.31. The van der Waals surface area contributed by atoms with Crippen LogP contribution in [0.1, 0.15) is 16.1 Å². The summed E-state index contributed by atoms with van der Waals surface area (Å²) in [6.07, 6.45) is 4.55. The predicted octanol–water partition coefficient (Wildman–Crippen LogP) is 2.35. The Morgan fingerprint density at radius 1 is 1.14 bits per heavy atom. The van der Waals surface area contributed by atoms with Crippen LogP contribution in [-0.4, -0.2) is 18.4 Å². The van der Waals surface area contributed by atoms with Crippen molar-refractivity contribution in [3.63, 3.8) is 0 Å². The zero-order chi connectivity index (χ0) is 15.8. The number of hydrogen-bond acceptors (Lipinski definition) is 3. The molecule has 2 aromatic rings. The van der Waals surface area contributed by atoms with Crippen LogP contribution in [0.25, 0.3) is 6.08 Å². The molecule has 1 heterocycles. The topological polar surface area (TPSA) is 71.3 Å². The van der Waals surface area contributed by atoms with E-state index >= 15 is 0 Å². The van der Waals surface area contributed by atoms with Gasteiger partial charge in [0.15, 0.2) is 5.76 Å². The third-order valence-corrected chi connectivity index (χ3v) is 2.76. The van der Waals surface area contributed by atoms with E-state index in [1.54, 1.807) is 18.2 Å². The van der Waals surface area contributed by atoms with Gasteiger partial charge >= 0.3 is 0 Å². The molecule has 22 heavy (non-hydrogen) atoms. The summed E-state index contributed by atoms with van der Waals surface area (Å²) in [5.41, 5.74) is 0.931. The SMILES string of the molecule is C=CCNC(=O)/C(=C/c1ccccc1)NC(=O)c1ccco1. The van der Waals surface area contributed by atoms with Gasteiger partial charge in [0, 0.05) is 6.54 Å². The Hall–Kier alpha value is -3.08. The van der Waals surface area contributed by atoms with Crippen LogP contribution in [0.5, 0.6) is 0 Å². The Morgan fingerprint density at radius 3 is 2.55 bits per heavy atom. The largest absolute Gasteiger partial charge is 0.459 e. The fourth-order valence-electron chi connectivity index (χ4n) is 1.73. The van der Waals surface area contributed by atoms with Gasteiger partial charge in [-0.1, -0.05) is 36.4 Å². The number of nitrogens with one attached hydrogen (secondary N) is 2. The van der Waals surface area contributed by atoms with Crippen LogP contribution in [-0.2, 0) is 4.79 Å². The average Bonchev–Trinajstić information content (AvgIpc) is 3.07. The minimum absolute atomic E-state index is 0.134. The third-order valence-electron chi connectivity index (χ3n) is 2.76. The number of furan rings is 1. The van der Waals surface area contributed by atoms with Gasteiger partial charge in [0.05, 0.1) is 6.26 Å². The molecule has 0 aliphatic heterocycles. The molecule has 5 nitrogen and oxygen atoms in total. The fourth-order valence-corrected chi connectivity index (χ4v) is 1.73. The van der Waals surface area contributed by atoms with E-state index in [0.29, 0.717) is 6.54 Å². The molecule has 2 N–H and O–H groups in total. The van der Waals surface area contributed by atoms with E-state index < -0.39 is 11.8 Å². The lowest BCUT2D eigenvalue weighted by atomic mass is 10.2. The first-order valence-electron chi connectivity index (χ1n) is 6.71. The summed E-state index contributed by atoms with van der Waals surface area (Å²) in [7, 11) is 0. The van der Waals surface area contributed by atoms with Gasteiger partial charge in [-0.25, -0.2) is 0 Å². The van der Waals surface area contributed by atoms with Gasteiger partial charge in [0.1, 0.15) is 5.70 Å². The lowest BCUT2D eigenvalue weighted by molar-refractivity contribution is -0.117. The number of benzene rings is 1. The zero-order valence-electron chi connectivity index (χ0n) is 11.9. The number of hydrogen-bond donors (Lipinski definition) is 2. The van der Waals surface area contributed by atoms with Crippen molar-refractivity contribution in [2.24, 2.45) is 0 Å². The van der Waals surface area contributed by atoms with Crippen molar-refractivity contribution in [2.75, 3.05) is 6.54 Å². The summed E-state index contributed by atoms with van der Waals surface area (Å²) in [6, 6.07) is 12.4. The highest BCUT2D eigenvalue weighted by Gasteiger charge is 2.15. The summed E-state index contributed by atoms with van der Waals surface area (Å²) < 4.78 is 5.02. The van der Waals surface area contributed by atoms with Gasteiger partial charge in [0.2, 0.25) is 0 Å². The maximum absolute atomic E-state index is 12.1. The van der Waals surface area contributed by atoms with Crippen LogP contribution in [0.15, 0.2) is 71.5 Å². The molecule has 0 fully saturated rings. The molecular weight excluding hydrogens is 280 g/mol. The summed E-state index contributed by atoms with van der Waals surface area (Å²) in [4.78, 5) is 24.2. The Morgan fingerprint density at radius 2 is 1.91 bits per heavy atom. The molecule has 0 aliphatic rings. The second-order valence-electron chi connectivity index (χ2n) is 4.40. The number of rotatable bonds is 6. The van der Waals surface area contributed by atoms with Gasteiger partial charge in [-0.2, -0.15) is 0 Å². The molecule has 0 unspecified atom stereocenters. The monoisotopic (exact) mass is 296 g/mol. The molecular formula is C17H16N2O3. The number of carbonyl (C=O) groups excluding carboxylic acids is 2. The second kappa shape index (κ2) is 7.64. The van der Waals surface area contributed by atoms with E-state index in [1.807, 2.05) is 30.3 Å². The van der Waals surface area contributed by atoms with Gasteiger partial charge in [-0.15, -0.1) is 6.58 Å². The molecule has 0 saturated heterocycles. The van der Waals surface area contributed by atoms with Crippen LogP contribution >= 0.6 is 0 Å². The van der Waals surface area contributed by atoms with Gasteiger partial charge in [0.25, 0.3) is 11.8 Å². The summed E-state index contributed by atoms with van der Waals surface area (Å²) in [5.74, 6) is -0.750. The molecule has 112 valence electrons. The zero-order valence-corrected chi connectivity index (χ0v) is 11.9. The molecule has 1 aromatic heterocycles. The molecule has 0 atom stereocenters. The first-order chi connectivity index (χ1) is 10.7. The Labute approximate surface area is 128 Å². The predicted molar refractivity (Wildman–Crippen MR) is 83.8 cm³/mol. The van der Waals surface area contributed by atoms with Crippen molar-refractivity contribution >= 4 is 17.9 Å². The second-order valence-corrected chi connectivity index (χ2v) is 4.40. The van der Waals surface area contributed by atoms with Crippen molar-refractivity contribution in [1.29, 1.82) is 0 Å². The molecule has 0 radical (unpaired) electrons. The normalized spacial score (nSPS) is 10.8. The van der Waals surface area contributed by atoms with Crippen LogP contribution in [0.2, 0.25) is 0 Å². The summed E-state index contributed by atoms with van der Waals surface area (Å²) in [6.45, 7) is 3.85. The van der Waals surface area contributed by atoms with Crippen molar-refractivity contribution in [1.82, 2.24) is 10.6 Å². The van der Waals surface area contributed by atoms with Gasteiger partial charge in [-0.05, 0) is 23.8 Å². The molecule has 5 heteroatoms. The highest BCUT2D eigenvalue weighted by Crippen LogP contribution is 2.07. The Bertz CT molecular complexity index is 673. The molecule has 0 spiro atoms. The summed E-state index contributed by atoms with van der Waals surface area (Å²) >= 11 is 0. The quantitative estimate of drug-likeness (QED) is 0.635. The number of amides is 2. The molecule has 0 aliphatic carbocycles. The van der Waals surface area contributed by atoms with Crippen molar-refractivity contribution < 1.29 is 14.0 Å². The minimum atomic E-state index is -0.485. The smallest absolute Gasteiger partial charge is 0.291 e. The fraction of sp³-hybridized carbons (Fsp3) is 0.0588. The Balaban J connectivity index is 2.21. The third kappa shape index (κ3) is 4.21. The average molecular weight is 296 g/mol. The lowest BCUT2D eigenvalue weighted by Crippen LogP contribution is -2.34. The first-order valence-corrected chi connectivity index (χ1v) is 6.71. The first kappa shape index (κ1) is 15.3. The van der Waals surface area contributed by atoms with Crippen molar-refractivity contribution in [2.45, 2.75) is 0 Å². The van der Waals surface area contributed by atoms with Crippen molar-refractivity contribution in [3.8, 4) is 0 Å². The summed E-state index contributed by atoms with van der Waals surface area (Å²) in [5, 5.41) is 5.19. The highest BCUT2D eigenvalue weighted by atomic mass is 16.3. The van der Waals surface area contributed by atoms with E-state index in [-0.39, 0.29) is 11.5 Å². The van der Waals surface area contributed by atoms with Crippen molar-refractivity contribution in [3.05, 3.63) is 78.4 Å². The van der Waals surface area contributed by atoms with E-state index in [4.69, 9.17) is 4.42 Å². The minimum Gasteiger partial charge on any atom is -0.459 e. The maximum Gasteiger partial charge on any atom is 0.291 e. The van der Waals surface area contributed by atoms with Crippen LogP contribution in [0, 0.1) is 0 Å². The van der Waals surface area contributed by atoms with Crippen LogP contribution in [0.4, 0.5) is 0 Å². The van der Waals surface area contributed by atoms with Crippen LogP contribution < -0.4 is 10.6 Å². The van der Waals surface area contributed by atoms with E-state index in [1.165, 1.54) is 12.3 Å². The maximum atomic E-state index is 12.1. The lowest BCUT2D eigenvalue weighted by Gasteiger charge is -2.09. The van der Waals surface area contributed by atoms with E-state index in [0.717, 1.165) is 5.56 Å². The van der Waals surface area contributed by atoms with E-state index in [2.05, 4.69) is 17.2 Å². The number of carbonyl (C=O) groups is 2. The molecule has 0 bridgehead atoms. The van der Waals surface area contributed by atoms with E-state index in [9.17, 15) is 9.59 Å². The molecule has 2 rings (SSSR count).